The van der Waals surface area contributed by atoms with Crippen molar-refractivity contribution in [1.82, 2.24) is 25.1 Å². The second-order valence-electron chi connectivity index (χ2n) is 6.87. The van der Waals surface area contributed by atoms with Gasteiger partial charge in [-0.1, -0.05) is 34.8 Å². The molecular weight excluding hydrogens is 508 g/mol. The lowest BCUT2D eigenvalue weighted by atomic mass is 10.2. The van der Waals surface area contributed by atoms with Crippen LogP contribution in [0.5, 0.6) is 0 Å². The van der Waals surface area contributed by atoms with E-state index in [1.54, 1.807) is 13.8 Å². The Balaban J connectivity index is 2.10. The van der Waals surface area contributed by atoms with Gasteiger partial charge in [-0.25, -0.2) is 14.6 Å². The van der Waals surface area contributed by atoms with E-state index in [0.29, 0.717) is 10.7 Å². The van der Waals surface area contributed by atoms with Crippen molar-refractivity contribution in [2.75, 3.05) is 5.32 Å². The second-order valence-corrected chi connectivity index (χ2v) is 8.03. The van der Waals surface area contributed by atoms with Gasteiger partial charge in [-0.15, -0.1) is 0 Å². The number of alkyl halides is 3. The van der Waals surface area contributed by atoms with E-state index in [4.69, 9.17) is 34.8 Å². The zero-order chi connectivity index (χ0) is 24.5. The molecule has 0 spiro atoms. The highest BCUT2D eigenvalue weighted by Gasteiger charge is 2.37. The van der Waals surface area contributed by atoms with Gasteiger partial charge in [0.2, 0.25) is 0 Å². The molecule has 3 rings (SSSR count). The number of nitrogens with zero attached hydrogens (tertiary/aromatic N) is 4. The molecule has 2 N–H and O–H groups in total. The second kappa shape index (κ2) is 9.54. The van der Waals surface area contributed by atoms with Crippen LogP contribution in [0.4, 0.5) is 18.9 Å². The van der Waals surface area contributed by atoms with E-state index >= 15 is 0 Å². The average Bonchev–Trinajstić information content (AvgIpc) is 3.15. The average molecular weight is 522 g/mol. The zero-order valence-electron chi connectivity index (χ0n) is 16.8. The number of aromatic nitrogens is 4. The maximum Gasteiger partial charge on any atom is 0.435 e. The maximum atomic E-state index is 13.3. The van der Waals surface area contributed by atoms with E-state index in [0.717, 1.165) is 6.07 Å². The molecule has 174 valence electrons. The zero-order valence-corrected chi connectivity index (χ0v) is 19.1. The Morgan fingerprint density at radius 1 is 1.12 bits per heavy atom. The largest absolute Gasteiger partial charge is 0.435 e. The van der Waals surface area contributed by atoms with Crippen LogP contribution in [0.2, 0.25) is 15.3 Å². The van der Waals surface area contributed by atoms with E-state index in [-0.39, 0.29) is 38.4 Å². The number of halogens is 6. The van der Waals surface area contributed by atoms with Crippen molar-refractivity contribution < 1.29 is 22.8 Å². The van der Waals surface area contributed by atoms with Crippen LogP contribution in [0.1, 0.15) is 40.4 Å². The van der Waals surface area contributed by atoms with Crippen LogP contribution in [-0.4, -0.2) is 37.6 Å². The van der Waals surface area contributed by atoms with Gasteiger partial charge in [0.15, 0.2) is 16.7 Å². The van der Waals surface area contributed by atoms with Gasteiger partial charge < -0.3 is 10.6 Å². The summed E-state index contributed by atoms with van der Waals surface area (Å²) in [6, 6.07) is 4.24. The minimum Gasteiger partial charge on any atom is -0.350 e. The van der Waals surface area contributed by atoms with Gasteiger partial charge in [0, 0.05) is 18.3 Å². The lowest BCUT2D eigenvalue weighted by molar-refractivity contribution is -0.141. The summed E-state index contributed by atoms with van der Waals surface area (Å²) in [5, 5.41) is 7.85. The lowest BCUT2D eigenvalue weighted by Crippen LogP contribution is -2.31. The number of hydrogen-bond donors (Lipinski definition) is 2. The number of carbonyl (C=O) groups is 2. The first-order valence-corrected chi connectivity index (χ1v) is 10.3. The fourth-order valence-corrected chi connectivity index (χ4v) is 3.35. The topological polar surface area (TPSA) is 102 Å². The summed E-state index contributed by atoms with van der Waals surface area (Å²) in [7, 11) is 0. The fraction of sp³-hybridized carbons (Fsp3) is 0.211. The summed E-state index contributed by atoms with van der Waals surface area (Å²) < 4.78 is 40.6. The van der Waals surface area contributed by atoms with E-state index < -0.39 is 29.4 Å². The third kappa shape index (κ3) is 5.55. The van der Waals surface area contributed by atoms with E-state index in [2.05, 4.69) is 25.7 Å². The van der Waals surface area contributed by atoms with Crippen molar-refractivity contribution in [2.45, 2.75) is 26.1 Å². The van der Waals surface area contributed by atoms with Crippen LogP contribution >= 0.6 is 34.8 Å². The summed E-state index contributed by atoms with van der Waals surface area (Å²) in [4.78, 5) is 33.3. The molecule has 33 heavy (non-hydrogen) atoms. The molecule has 3 aromatic heterocycles. The Bertz CT molecular complexity index is 1230. The van der Waals surface area contributed by atoms with Gasteiger partial charge in [-0.05, 0) is 32.0 Å². The van der Waals surface area contributed by atoms with E-state index in [1.165, 1.54) is 18.3 Å². The predicted octanol–water partition coefficient (Wildman–Crippen LogP) is 5.03. The van der Waals surface area contributed by atoms with Crippen LogP contribution in [0.15, 0.2) is 30.5 Å². The molecule has 8 nitrogen and oxygen atoms in total. The van der Waals surface area contributed by atoms with Crippen LogP contribution in [-0.2, 0) is 6.18 Å². The van der Waals surface area contributed by atoms with Crippen molar-refractivity contribution >= 4 is 52.3 Å². The van der Waals surface area contributed by atoms with Crippen molar-refractivity contribution in [1.29, 1.82) is 0 Å². The molecule has 0 bridgehead atoms. The fourth-order valence-electron chi connectivity index (χ4n) is 2.68. The highest BCUT2D eigenvalue weighted by molar-refractivity contribution is 6.36. The predicted molar refractivity (Wildman–Crippen MR) is 116 cm³/mol. The van der Waals surface area contributed by atoms with Crippen LogP contribution in [0, 0.1) is 0 Å². The number of hydrogen-bond acceptors (Lipinski definition) is 5. The molecular formula is C19H14Cl3F3N6O2. The molecule has 0 aliphatic carbocycles. The standard InChI is InChI=1S/C19H14Cl3F3N6O2/c1-8(2)27-17(32)9-6-13(21)28-15(22)14(9)29-18(33)11-7-12(19(23,24)25)30-31(11)16-10(20)4-3-5-26-16/h3-8H,1-2H3,(H,27,32)(H,29,33). The van der Waals surface area contributed by atoms with Crippen LogP contribution in [0.3, 0.4) is 0 Å². The normalized spacial score (nSPS) is 11.5. The molecule has 0 fully saturated rings. The number of carbonyl (C=O) groups excluding carboxylic acids is 2. The van der Waals surface area contributed by atoms with Gasteiger partial charge in [0.25, 0.3) is 11.8 Å². The molecule has 0 atom stereocenters. The summed E-state index contributed by atoms with van der Waals surface area (Å²) in [6.45, 7) is 3.41. The monoisotopic (exact) mass is 520 g/mol. The van der Waals surface area contributed by atoms with Crippen molar-refractivity contribution in [3.05, 3.63) is 62.7 Å². The number of nitrogens with one attached hydrogen (secondary N) is 2. The molecule has 0 radical (unpaired) electrons. The molecule has 0 unspecified atom stereocenters. The van der Waals surface area contributed by atoms with Crippen molar-refractivity contribution in [3.8, 4) is 5.82 Å². The number of pyridine rings is 2. The quantitative estimate of drug-likeness (QED) is 0.459. The third-order valence-electron chi connectivity index (χ3n) is 4.02. The summed E-state index contributed by atoms with van der Waals surface area (Å²) in [5.41, 5.74) is -2.31. The minimum absolute atomic E-state index is 0.0495. The summed E-state index contributed by atoms with van der Waals surface area (Å²) >= 11 is 18.0. The van der Waals surface area contributed by atoms with Gasteiger partial charge in [0.05, 0.1) is 16.3 Å². The lowest BCUT2D eigenvalue weighted by Gasteiger charge is -2.15. The van der Waals surface area contributed by atoms with Gasteiger partial charge >= 0.3 is 6.18 Å². The Morgan fingerprint density at radius 3 is 2.42 bits per heavy atom. The first-order valence-electron chi connectivity index (χ1n) is 9.15. The molecule has 3 aromatic rings. The highest BCUT2D eigenvalue weighted by Crippen LogP contribution is 2.32. The van der Waals surface area contributed by atoms with Crippen molar-refractivity contribution in [2.24, 2.45) is 0 Å². The van der Waals surface area contributed by atoms with Gasteiger partial charge in [0.1, 0.15) is 10.8 Å². The molecule has 2 amide bonds. The third-order valence-corrected chi connectivity index (χ3v) is 4.78. The smallest absolute Gasteiger partial charge is 0.350 e. The van der Waals surface area contributed by atoms with Crippen LogP contribution < -0.4 is 10.6 Å². The van der Waals surface area contributed by atoms with E-state index in [1.807, 2.05) is 0 Å². The SMILES string of the molecule is CC(C)NC(=O)c1cc(Cl)nc(Cl)c1NC(=O)c1cc(C(F)(F)F)nn1-c1ncccc1Cl. The van der Waals surface area contributed by atoms with Crippen LogP contribution in [0.25, 0.3) is 5.82 Å². The van der Waals surface area contributed by atoms with E-state index in [9.17, 15) is 22.8 Å². The first-order chi connectivity index (χ1) is 15.4. The first kappa shape index (κ1) is 24.7. The molecule has 0 aliphatic heterocycles. The Hall–Kier alpha value is -2.89. The maximum absolute atomic E-state index is 13.3. The molecule has 3 heterocycles. The number of anilines is 1. The minimum atomic E-state index is -4.86. The van der Waals surface area contributed by atoms with Gasteiger partial charge in [-0.2, -0.15) is 18.3 Å². The summed E-state index contributed by atoms with van der Waals surface area (Å²) in [6.07, 6.45) is -3.59. The van der Waals surface area contributed by atoms with Crippen molar-refractivity contribution in [3.63, 3.8) is 0 Å². The Kier molecular flexibility index (Phi) is 7.15. The number of rotatable bonds is 5. The summed E-state index contributed by atoms with van der Waals surface area (Å²) in [5.74, 6) is -1.92. The molecule has 0 saturated carbocycles. The Labute approximate surface area is 200 Å². The highest BCUT2D eigenvalue weighted by atomic mass is 35.5. The molecule has 0 aliphatic rings. The number of amides is 2. The molecule has 14 heteroatoms. The molecule has 0 saturated heterocycles. The van der Waals surface area contributed by atoms with Gasteiger partial charge in [-0.3, -0.25) is 9.59 Å². The Morgan fingerprint density at radius 2 is 1.82 bits per heavy atom. The molecule has 0 aromatic carbocycles.